The number of aryl methyl sites for hydroxylation is 2. The summed E-state index contributed by atoms with van der Waals surface area (Å²) in [5.74, 6) is 0.283. The van der Waals surface area contributed by atoms with Crippen LogP contribution in [0.1, 0.15) is 47.4 Å². The van der Waals surface area contributed by atoms with Crippen molar-refractivity contribution in [3.05, 3.63) is 65.5 Å². The number of aromatic nitrogens is 1. The molecule has 29 heavy (non-hydrogen) atoms. The van der Waals surface area contributed by atoms with E-state index in [1.165, 1.54) is 5.56 Å². The van der Waals surface area contributed by atoms with Crippen LogP contribution in [-0.4, -0.2) is 52.8 Å². The van der Waals surface area contributed by atoms with Crippen LogP contribution in [0.3, 0.4) is 0 Å². The van der Waals surface area contributed by atoms with Gasteiger partial charge in [-0.15, -0.1) is 0 Å². The predicted molar refractivity (Wildman–Crippen MR) is 113 cm³/mol. The lowest BCUT2D eigenvalue weighted by molar-refractivity contribution is -0.127. The number of piperidine rings is 1. The molecule has 0 radical (unpaired) electrons. The second-order valence-electron chi connectivity index (χ2n) is 8.54. The molecule has 4 rings (SSSR count). The van der Waals surface area contributed by atoms with E-state index in [4.69, 9.17) is 0 Å². The van der Waals surface area contributed by atoms with Crippen molar-refractivity contribution < 1.29 is 9.59 Å². The number of nitrogens with zero attached hydrogens (tertiary/aromatic N) is 3. The first kappa shape index (κ1) is 19.6. The topological polar surface area (TPSA) is 53.5 Å². The fraction of sp³-hybridized carbons (Fsp3) is 0.458. The molecule has 0 aliphatic carbocycles. The van der Waals surface area contributed by atoms with Gasteiger partial charge in [-0.2, -0.15) is 0 Å². The normalized spacial score (nSPS) is 18.4. The monoisotopic (exact) mass is 391 g/mol. The van der Waals surface area contributed by atoms with Crippen LogP contribution in [-0.2, 0) is 11.2 Å². The van der Waals surface area contributed by atoms with Crippen molar-refractivity contribution in [3.8, 4) is 0 Å². The van der Waals surface area contributed by atoms with Crippen LogP contribution >= 0.6 is 0 Å². The van der Waals surface area contributed by atoms with E-state index >= 15 is 0 Å². The molecule has 2 fully saturated rings. The third-order valence-corrected chi connectivity index (χ3v) is 6.36. The molecule has 1 aromatic carbocycles. The van der Waals surface area contributed by atoms with Gasteiger partial charge in [0.1, 0.15) is 5.69 Å². The minimum atomic E-state index is 0.00703. The first-order valence-corrected chi connectivity index (χ1v) is 10.6. The molecule has 3 heterocycles. The van der Waals surface area contributed by atoms with Crippen LogP contribution in [0.15, 0.2) is 48.5 Å². The average molecular weight is 392 g/mol. The van der Waals surface area contributed by atoms with Crippen molar-refractivity contribution in [1.82, 2.24) is 14.8 Å². The SMILES string of the molecule is Cc1cccc(C(=O)N2CCC3(CC2)CC(=O)N(CCCc2ccccc2)C3)n1. The van der Waals surface area contributed by atoms with E-state index in [1.807, 2.05) is 34.9 Å². The maximum Gasteiger partial charge on any atom is 0.272 e. The Labute approximate surface area is 172 Å². The third-order valence-electron chi connectivity index (χ3n) is 6.36. The molecule has 0 unspecified atom stereocenters. The number of pyridine rings is 1. The van der Waals surface area contributed by atoms with Gasteiger partial charge in [-0.3, -0.25) is 9.59 Å². The highest BCUT2D eigenvalue weighted by atomic mass is 16.2. The lowest BCUT2D eigenvalue weighted by Crippen LogP contribution is -2.44. The van der Waals surface area contributed by atoms with Gasteiger partial charge in [0, 0.05) is 43.7 Å². The predicted octanol–water partition coefficient (Wildman–Crippen LogP) is 3.48. The van der Waals surface area contributed by atoms with E-state index in [1.54, 1.807) is 6.07 Å². The van der Waals surface area contributed by atoms with Gasteiger partial charge in [0.25, 0.3) is 5.91 Å². The first-order valence-electron chi connectivity index (χ1n) is 10.6. The second kappa shape index (κ2) is 8.36. The van der Waals surface area contributed by atoms with E-state index < -0.39 is 0 Å². The van der Waals surface area contributed by atoms with E-state index in [-0.39, 0.29) is 17.2 Å². The zero-order valence-electron chi connectivity index (χ0n) is 17.1. The summed E-state index contributed by atoms with van der Waals surface area (Å²) >= 11 is 0. The molecule has 0 saturated carbocycles. The maximum absolute atomic E-state index is 12.7. The van der Waals surface area contributed by atoms with Gasteiger partial charge in [-0.1, -0.05) is 36.4 Å². The van der Waals surface area contributed by atoms with Crippen LogP contribution in [0.2, 0.25) is 0 Å². The van der Waals surface area contributed by atoms with Gasteiger partial charge in [0.2, 0.25) is 5.91 Å². The van der Waals surface area contributed by atoms with E-state index in [0.29, 0.717) is 25.2 Å². The Morgan fingerprint density at radius 3 is 2.55 bits per heavy atom. The van der Waals surface area contributed by atoms with E-state index in [2.05, 4.69) is 29.2 Å². The van der Waals surface area contributed by atoms with Crippen molar-refractivity contribution in [2.24, 2.45) is 5.41 Å². The van der Waals surface area contributed by atoms with Gasteiger partial charge < -0.3 is 9.80 Å². The molecule has 5 nitrogen and oxygen atoms in total. The summed E-state index contributed by atoms with van der Waals surface area (Å²) in [7, 11) is 0. The molecule has 1 aromatic heterocycles. The summed E-state index contributed by atoms with van der Waals surface area (Å²) in [6, 6.07) is 16.0. The number of hydrogen-bond acceptors (Lipinski definition) is 3. The zero-order valence-corrected chi connectivity index (χ0v) is 17.1. The standard InChI is InChI=1S/C24H29N3O2/c1-19-7-5-11-21(25-19)23(29)26-15-12-24(13-16-26)17-22(28)27(18-24)14-6-10-20-8-3-2-4-9-20/h2-5,7-9,11H,6,10,12-18H2,1H3. The molecule has 0 atom stereocenters. The molecule has 2 aliphatic rings. The quantitative estimate of drug-likeness (QED) is 0.784. The number of carbonyl (C=O) groups excluding carboxylic acids is 2. The second-order valence-corrected chi connectivity index (χ2v) is 8.54. The van der Waals surface area contributed by atoms with E-state index in [9.17, 15) is 9.59 Å². The number of rotatable bonds is 5. The van der Waals surface area contributed by atoms with Crippen LogP contribution in [0.5, 0.6) is 0 Å². The smallest absolute Gasteiger partial charge is 0.272 e. The Bertz CT molecular complexity index is 873. The molecule has 2 aromatic rings. The van der Waals surface area contributed by atoms with Gasteiger partial charge in [-0.25, -0.2) is 4.98 Å². The molecule has 5 heteroatoms. The summed E-state index contributed by atoms with van der Waals surface area (Å²) in [6.45, 7) is 4.98. The molecule has 2 aliphatic heterocycles. The van der Waals surface area contributed by atoms with Crippen molar-refractivity contribution >= 4 is 11.8 Å². The average Bonchev–Trinajstić information content (AvgIpc) is 3.03. The molecular formula is C24H29N3O2. The fourth-order valence-corrected chi connectivity index (χ4v) is 4.65. The molecule has 0 N–H and O–H groups in total. The third kappa shape index (κ3) is 4.50. The number of benzene rings is 1. The summed E-state index contributed by atoms with van der Waals surface area (Å²) in [4.78, 5) is 33.7. The molecule has 0 bridgehead atoms. The Kier molecular flexibility index (Phi) is 5.65. The number of carbonyl (C=O) groups is 2. The Morgan fingerprint density at radius 2 is 1.83 bits per heavy atom. The van der Waals surface area contributed by atoms with Crippen molar-refractivity contribution in [1.29, 1.82) is 0 Å². The summed E-state index contributed by atoms with van der Waals surface area (Å²) in [6.07, 6.45) is 4.42. The first-order chi connectivity index (χ1) is 14.0. The van der Waals surface area contributed by atoms with Gasteiger partial charge in [0.05, 0.1) is 0 Å². The van der Waals surface area contributed by atoms with Crippen LogP contribution in [0.4, 0.5) is 0 Å². The largest absolute Gasteiger partial charge is 0.342 e. The van der Waals surface area contributed by atoms with Crippen LogP contribution in [0, 0.1) is 12.3 Å². The van der Waals surface area contributed by atoms with Gasteiger partial charge in [0.15, 0.2) is 0 Å². The minimum absolute atomic E-state index is 0.00703. The highest BCUT2D eigenvalue weighted by Gasteiger charge is 2.45. The highest BCUT2D eigenvalue weighted by Crippen LogP contribution is 2.41. The fourth-order valence-electron chi connectivity index (χ4n) is 4.65. The lowest BCUT2D eigenvalue weighted by Gasteiger charge is -2.38. The summed E-state index contributed by atoms with van der Waals surface area (Å²) in [5.41, 5.74) is 2.74. The molecule has 152 valence electrons. The van der Waals surface area contributed by atoms with Crippen molar-refractivity contribution in [3.63, 3.8) is 0 Å². The number of hydrogen-bond donors (Lipinski definition) is 0. The molecule has 2 amide bonds. The Morgan fingerprint density at radius 1 is 1.07 bits per heavy atom. The number of likely N-dealkylation sites (tertiary alicyclic amines) is 2. The maximum atomic E-state index is 12.7. The van der Waals surface area contributed by atoms with Gasteiger partial charge in [-0.05, 0) is 50.3 Å². The minimum Gasteiger partial charge on any atom is -0.342 e. The lowest BCUT2D eigenvalue weighted by atomic mass is 9.77. The van der Waals surface area contributed by atoms with Crippen LogP contribution in [0.25, 0.3) is 0 Å². The van der Waals surface area contributed by atoms with E-state index in [0.717, 1.165) is 44.5 Å². The van der Waals surface area contributed by atoms with Crippen LogP contribution < -0.4 is 0 Å². The zero-order chi connectivity index (χ0) is 20.3. The Hall–Kier alpha value is -2.69. The Balaban J connectivity index is 1.29. The summed E-state index contributed by atoms with van der Waals surface area (Å²) < 4.78 is 0. The molecular weight excluding hydrogens is 362 g/mol. The van der Waals surface area contributed by atoms with Crippen molar-refractivity contribution in [2.45, 2.75) is 39.0 Å². The number of amides is 2. The highest BCUT2D eigenvalue weighted by molar-refractivity contribution is 5.92. The molecule has 2 saturated heterocycles. The summed E-state index contributed by atoms with van der Waals surface area (Å²) in [5, 5.41) is 0. The molecule has 1 spiro atoms. The van der Waals surface area contributed by atoms with Gasteiger partial charge >= 0.3 is 0 Å². The van der Waals surface area contributed by atoms with Crippen molar-refractivity contribution in [2.75, 3.05) is 26.2 Å².